The van der Waals surface area contributed by atoms with Gasteiger partial charge in [0.15, 0.2) is 0 Å². The van der Waals surface area contributed by atoms with Gasteiger partial charge in [-0.2, -0.15) is 0 Å². The highest BCUT2D eigenvalue weighted by Crippen LogP contribution is 2.51. The molecule has 1 aliphatic heterocycles. The Hall–Kier alpha value is -2.98. The number of nitrogens with one attached hydrogen (secondary N) is 1. The van der Waals surface area contributed by atoms with E-state index in [0.29, 0.717) is 11.6 Å². The van der Waals surface area contributed by atoms with Gasteiger partial charge in [0.1, 0.15) is 17.8 Å². The Morgan fingerprint density at radius 3 is 2.57 bits per heavy atom. The predicted octanol–water partition coefficient (Wildman–Crippen LogP) is 1.35. The van der Waals surface area contributed by atoms with E-state index >= 15 is 0 Å². The summed E-state index contributed by atoms with van der Waals surface area (Å²) >= 11 is 0. The number of aromatic amines is 1. The Morgan fingerprint density at radius 2 is 1.90 bits per heavy atom. The van der Waals surface area contributed by atoms with Crippen LogP contribution in [0.15, 0.2) is 47.8 Å². The molecule has 3 N–H and O–H groups in total. The lowest BCUT2D eigenvalue weighted by Gasteiger charge is -2.60. The summed E-state index contributed by atoms with van der Waals surface area (Å²) in [4.78, 5) is 28.5. The van der Waals surface area contributed by atoms with Crippen LogP contribution >= 0.6 is 0 Å². The van der Waals surface area contributed by atoms with Gasteiger partial charge in [-0.3, -0.25) is 4.79 Å². The minimum absolute atomic E-state index is 0.00486. The van der Waals surface area contributed by atoms with E-state index in [1.165, 1.54) is 24.3 Å². The van der Waals surface area contributed by atoms with Crippen LogP contribution in [-0.2, 0) is 10.0 Å². The van der Waals surface area contributed by atoms with Gasteiger partial charge in [0.05, 0.1) is 10.3 Å². The summed E-state index contributed by atoms with van der Waals surface area (Å²) < 4.78 is 22.7. The number of aromatic nitrogens is 3. The summed E-state index contributed by atoms with van der Waals surface area (Å²) in [5, 5.41) is 6.12. The minimum Gasteiger partial charge on any atom is -0.356 e. The molecule has 0 atom stereocenters. The number of amides is 1. The quantitative estimate of drug-likeness (QED) is 0.649. The van der Waals surface area contributed by atoms with Crippen LogP contribution in [0.5, 0.6) is 0 Å². The molecule has 1 saturated heterocycles. The SMILES string of the molecule is CN(c1ncnc2[nH]ccc12)C1CC2(C1)CN(C(=O)c1ccc(S(N)(=O)=O)cc1)C2. The molecule has 3 aromatic rings. The zero-order valence-corrected chi connectivity index (χ0v) is 17.3. The van der Waals surface area contributed by atoms with Gasteiger partial charge in [-0.25, -0.2) is 23.5 Å². The van der Waals surface area contributed by atoms with Crippen molar-refractivity contribution in [2.75, 3.05) is 25.0 Å². The molecule has 5 rings (SSSR count). The van der Waals surface area contributed by atoms with E-state index in [1.54, 1.807) is 6.33 Å². The number of sulfonamides is 1. The number of hydrogen-bond acceptors (Lipinski definition) is 6. The molecule has 2 fully saturated rings. The third-order valence-electron chi connectivity index (χ3n) is 6.32. The van der Waals surface area contributed by atoms with Gasteiger partial charge in [0.2, 0.25) is 10.0 Å². The molecule has 9 nitrogen and oxygen atoms in total. The molecular formula is C20H22N6O3S. The Balaban J connectivity index is 1.21. The number of nitrogens with two attached hydrogens (primary N) is 1. The topological polar surface area (TPSA) is 125 Å². The van der Waals surface area contributed by atoms with Gasteiger partial charge >= 0.3 is 0 Å². The molecule has 1 aromatic carbocycles. The Labute approximate surface area is 174 Å². The van der Waals surface area contributed by atoms with E-state index in [1.807, 2.05) is 17.2 Å². The zero-order chi connectivity index (χ0) is 21.1. The standard InChI is InChI=1S/C20H22N6O3S/c1-25(18-16-6-7-22-17(16)23-12-24-18)14-8-20(9-14)10-26(11-20)19(27)13-2-4-15(5-3-13)30(21,28)29/h2-7,12,14H,8-11H2,1H3,(H2,21,28,29)(H,22,23,24). The first kappa shape index (κ1) is 19.0. The molecule has 1 aliphatic carbocycles. The van der Waals surface area contributed by atoms with E-state index in [4.69, 9.17) is 5.14 Å². The summed E-state index contributed by atoms with van der Waals surface area (Å²) in [6.07, 6.45) is 5.45. The van der Waals surface area contributed by atoms with Crippen LogP contribution in [0, 0.1) is 5.41 Å². The highest BCUT2D eigenvalue weighted by atomic mass is 32.2. The van der Waals surface area contributed by atoms with Crippen molar-refractivity contribution in [2.24, 2.45) is 10.6 Å². The average molecular weight is 427 g/mol. The Morgan fingerprint density at radius 1 is 1.20 bits per heavy atom. The highest BCUT2D eigenvalue weighted by molar-refractivity contribution is 7.89. The van der Waals surface area contributed by atoms with Crippen LogP contribution in [0.3, 0.4) is 0 Å². The molecular weight excluding hydrogens is 404 g/mol. The van der Waals surface area contributed by atoms with Crippen molar-refractivity contribution in [3.05, 3.63) is 48.4 Å². The molecule has 3 heterocycles. The lowest BCUT2D eigenvalue weighted by Crippen LogP contribution is -2.67. The van der Waals surface area contributed by atoms with Gasteiger partial charge in [0, 0.05) is 43.4 Å². The number of carbonyl (C=O) groups is 1. The molecule has 1 saturated carbocycles. The van der Waals surface area contributed by atoms with E-state index in [9.17, 15) is 13.2 Å². The van der Waals surface area contributed by atoms with Crippen LogP contribution in [0.2, 0.25) is 0 Å². The molecule has 2 aliphatic rings. The van der Waals surface area contributed by atoms with Crippen molar-refractivity contribution in [2.45, 2.75) is 23.8 Å². The van der Waals surface area contributed by atoms with Gasteiger partial charge < -0.3 is 14.8 Å². The number of rotatable bonds is 4. The van der Waals surface area contributed by atoms with E-state index in [-0.39, 0.29) is 16.2 Å². The maximum atomic E-state index is 12.7. The van der Waals surface area contributed by atoms with Crippen molar-refractivity contribution in [3.63, 3.8) is 0 Å². The van der Waals surface area contributed by atoms with Crippen LogP contribution in [0.25, 0.3) is 11.0 Å². The van der Waals surface area contributed by atoms with E-state index in [0.717, 1.165) is 42.8 Å². The van der Waals surface area contributed by atoms with Crippen LogP contribution in [0.1, 0.15) is 23.2 Å². The number of anilines is 1. The summed E-state index contributed by atoms with van der Waals surface area (Å²) in [7, 11) is -1.70. The van der Waals surface area contributed by atoms with E-state index < -0.39 is 10.0 Å². The summed E-state index contributed by atoms with van der Waals surface area (Å²) in [5.74, 6) is 0.839. The molecule has 1 spiro atoms. The maximum Gasteiger partial charge on any atom is 0.253 e. The lowest BCUT2D eigenvalue weighted by atomic mass is 9.60. The summed E-state index contributed by atoms with van der Waals surface area (Å²) in [5.41, 5.74) is 1.47. The minimum atomic E-state index is -3.76. The van der Waals surface area contributed by atoms with E-state index in [2.05, 4.69) is 26.9 Å². The van der Waals surface area contributed by atoms with Crippen molar-refractivity contribution in [1.82, 2.24) is 19.9 Å². The molecule has 0 bridgehead atoms. The molecule has 0 unspecified atom stereocenters. The number of nitrogens with zero attached hydrogens (tertiary/aromatic N) is 4. The largest absolute Gasteiger partial charge is 0.356 e. The first-order chi connectivity index (χ1) is 14.3. The number of hydrogen-bond donors (Lipinski definition) is 2. The highest BCUT2D eigenvalue weighted by Gasteiger charge is 2.54. The zero-order valence-electron chi connectivity index (χ0n) is 16.4. The monoisotopic (exact) mass is 426 g/mol. The number of likely N-dealkylation sites (tertiary alicyclic amines) is 1. The normalized spacial score (nSPS) is 18.3. The molecule has 0 radical (unpaired) electrons. The third kappa shape index (κ3) is 3.03. The first-order valence-electron chi connectivity index (χ1n) is 9.69. The average Bonchev–Trinajstić information content (AvgIpc) is 3.13. The summed E-state index contributed by atoms with van der Waals surface area (Å²) in [6, 6.07) is 8.14. The second kappa shape index (κ2) is 6.51. The fraction of sp³-hybridized carbons (Fsp3) is 0.350. The van der Waals surface area contributed by atoms with Crippen molar-refractivity contribution < 1.29 is 13.2 Å². The number of carbonyl (C=O) groups excluding carboxylic acids is 1. The number of H-pyrrole nitrogens is 1. The fourth-order valence-corrected chi connectivity index (χ4v) is 5.18. The fourth-order valence-electron chi connectivity index (χ4n) is 4.66. The van der Waals surface area contributed by atoms with Crippen molar-refractivity contribution in [3.8, 4) is 0 Å². The van der Waals surface area contributed by atoms with Gasteiger partial charge in [-0.05, 0) is 43.2 Å². The third-order valence-corrected chi connectivity index (χ3v) is 7.25. The van der Waals surface area contributed by atoms with Gasteiger partial charge in [0.25, 0.3) is 5.91 Å². The second-order valence-corrected chi connectivity index (χ2v) is 9.90. The smallest absolute Gasteiger partial charge is 0.253 e. The molecule has 156 valence electrons. The van der Waals surface area contributed by atoms with Crippen molar-refractivity contribution in [1.29, 1.82) is 0 Å². The first-order valence-corrected chi connectivity index (χ1v) is 11.2. The van der Waals surface area contributed by atoms with Gasteiger partial charge in [-0.15, -0.1) is 0 Å². The number of fused-ring (bicyclic) bond motifs is 1. The summed E-state index contributed by atoms with van der Waals surface area (Å²) in [6.45, 7) is 1.44. The number of benzene rings is 1. The Kier molecular flexibility index (Phi) is 4.13. The predicted molar refractivity (Wildman–Crippen MR) is 111 cm³/mol. The molecule has 30 heavy (non-hydrogen) atoms. The van der Waals surface area contributed by atoms with Crippen LogP contribution in [0.4, 0.5) is 5.82 Å². The molecule has 1 amide bonds. The van der Waals surface area contributed by atoms with Crippen molar-refractivity contribution >= 4 is 32.8 Å². The molecule has 10 heteroatoms. The lowest BCUT2D eigenvalue weighted by molar-refractivity contribution is -0.0541. The maximum absolute atomic E-state index is 12.7. The number of primary sulfonamides is 1. The second-order valence-electron chi connectivity index (χ2n) is 8.34. The Bertz CT molecular complexity index is 1220. The van der Waals surface area contributed by atoms with Gasteiger partial charge in [-0.1, -0.05) is 0 Å². The van der Waals surface area contributed by atoms with Crippen LogP contribution < -0.4 is 10.0 Å². The van der Waals surface area contributed by atoms with Crippen LogP contribution in [-0.4, -0.2) is 60.4 Å². The molecule has 2 aromatic heterocycles.